The Morgan fingerprint density at radius 3 is 2.18 bits per heavy atom. The Morgan fingerprint density at radius 2 is 1.91 bits per heavy atom. The summed E-state index contributed by atoms with van der Waals surface area (Å²) >= 11 is 0. The average molecular weight is 158 g/mol. The van der Waals surface area contributed by atoms with Crippen molar-refractivity contribution in [3.8, 4) is 0 Å². The normalized spacial score (nSPS) is 13.5. The number of nitrogens with one attached hydrogen (secondary N) is 1. The quantitative estimate of drug-likeness (QED) is 0.617. The van der Waals surface area contributed by atoms with Gasteiger partial charge in [-0.15, -0.1) is 0 Å². The third-order valence-electron chi connectivity index (χ3n) is 1.90. The minimum absolute atomic E-state index is 0.208. The van der Waals surface area contributed by atoms with Crippen LogP contribution in [0.15, 0.2) is 0 Å². The molecule has 0 saturated heterocycles. The summed E-state index contributed by atoms with van der Waals surface area (Å²) in [6, 6.07) is 0.206. The van der Waals surface area contributed by atoms with Gasteiger partial charge in [-0.2, -0.15) is 0 Å². The molecule has 3 N–H and O–H groups in total. The van der Waals surface area contributed by atoms with Crippen molar-refractivity contribution in [3.05, 3.63) is 0 Å². The van der Waals surface area contributed by atoms with E-state index < -0.39 is 0 Å². The van der Waals surface area contributed by atoms with Crippen molar-refractivity contribution in [3.63, 3.8) is 0 Å². The lowest BCUT2D eigenvalue weighted by Gasteiger charge is -2.18. The molecule has 0 saturated carbocycles. The third-order valence-corrected chi connectivity index (χ3v) is 1.90. The van der Waals surface area contributed by atoms with Crippen LogP contribution in [-0.2, 0) is 4.79 Å². The van der Waals surface area contributed by atoms with Crippen LogP contribution in [-0.4, -0.2) is 18.0 Å². The number of amides is 1. The van der Waals surface area contributed by atoms with Gasteiger partial charge in [0.15, 0.2) is 0 Å². The maximum absolute atomic E-state index is 10.6. The third kappa shape index (κ3) is 3.98. The average Bonchev–Trinajstić information content (AvgIpc) is 1.99. The lowest BCUT2D eigenvalue weighted by Crippen LogP contribution is -2.44. The molecule has 0 aliphatic rings. The zero-order valence-corrected chi connectivity index (χ0v) is 7.55. The standard InChI is InChI=1S/C8H18N2O/c1-4-7(5-2)10-6(3)8(9)11/h6-7,10H,4-5H2,1-3H3,(H2,9,11). The molecule has 0 aliphatic carbocycles. The summed E-state index contributed by atoms with van der Waals surface area (Å²) in [6.07, 6.45) is 2.07. The molecular weight excluding hydrogens is 140 g/mol. The molecule has 0 aliphatic heterocycles. The van der Waals surface area contributed by atoms with E-state index in [4.69, 9.17) is 5.73 Å². The molecule has 3 heteroatoms. The van der Waals surface area contributed by atoms with E-state index in [0.717, 1.165) is 12.8 Å². The Morgan fingerprint density at radius 1 is 1.45 bits per heavy atom. The predicted octanol–water partition coefficient (Wildman–Crippen LogP) is 0.638. The maximum Gasteiger partial charge on any atom is 0.234 e. The summed E-state index contributed by atoms with van der Waals surface area (Å²) in [7, 11) is 0. The van der Waals surface area contributed by atoms with E-state index in [1.807, 2.05) is 0 Å². The number of carbonyl (C=O) groups is 1. The van der Waals surface area contributed by atoms with Crippen LogP contribution in [0.5, 0.6) is 0 Å². The SMILES string of the molecule is CCC(CC)NC(C)C(N)=O. The van der Waals surface area contributed by atoms with Gasteiger partial charge in [0.1, 0.15) is 0 Å². The first-order valence-corrected chi connectivity index (χ1v) is 4.17. The molecule has 0 spiro atoms. The van der Waals surface area contributed by atoms with E-state index in [-0.39, 0.29) is 11.9 Å². The Balaban J connectivity index is 3.71. The molecule has 0 aromatic carbocycles. The van der Waals surface area contributed by atoms with Crippen LogP contribution in [0.3, 0.4) is 0 Å². The second-order valence-corrected chi connectivity index (χ2v) is 2.80. The van der Waals surface area contributed by atoms with E-state index in [1.165, 1.54) is 0 Å². The molecule has 0 radical (unpaired) electrons. The van der Waals surface area contributed by atoms with Crippen molar-refractivity contribution in [2.75, 3.05) is 0 Å². The lowest BCUT2D eigenvalue weighted by molar-refractivity contribution is -0.119. The number of rotatable bonds is 5. The van der Waals surface area contributed by atoms with Crippen LogP contribution >= 0.6 is 0 Å². The number of primary amides is 1. The van der Waals surface area contributed by atoms with Gasteiger partial charge in [-0.25, -0.2) is 0 Å². The van der Waals surface area contributed by atoms with Crippen LogP contribution < -0.4 is 11.1 Å². The Kier molecular flexibility index (Phi) is 4.86. The molecule has 0 rings (SSSR count). The topological polar surface area (TPSA) is 55.1 Å². The first kappa shape index (κ1) is 10.4. The molecule has 11 heavy (non-hydrogen) atoms. The van der Waals surface area contributed by atoms with Crippen LogP contribution in [0, 0.1) is 0 Å². The second-order valence-electron chi connectivity index (χ2n) is 2.80. The second kappa shape index (κ2) is 5.13. The Hall–Kier alpha value is -0.570. The van der Waals surface area contributed by atoms with Crippen molar-refractivity contribution in [1.29, 1.82) is 0 Å². The summed E-state index contributed by atoms with van der Waals surface area (Å²) in [6.45, 7) is 5.98. The molecule has 66 valence electrons. The fourth-order valence-corrected chi connectivity index (χ4v) is 0.960. The van der Waals surface area contributed by atoms with Gasteiger partial charge >= 0.3 is 0 Å². The van der Waals surface area contributed by atoms with Gasteiger partial charge in [0.25, 0.3) is 0 Å². The first-order chi connectivity index (χ1) is 5.11. The highest BCUT2D eigenvalue weighted by atomic mass is 16.1. The summed E-state index contributed by atoms with van der Waals surface area (Å²) in [5.74, 6) is -0.281. The molecule has 0 bridgehead atoms. The summed E-state index contributed by atoms with van der Waals surface area (Å²) in [5, 5.41) is 3.14. The number of hydrogen-bond donors (Lipinski definition) is 2. The Labute approximate surface area is 68.3 Å². The molecule has 0 heterocycles. The highest BCUT2D eigenvalue weighted by Gasteiger charge is 2.11. The molecule has 1 amide bonds. The van der Waals surface area contributed by atoms with Gasteiger partial charge < -0.3 is 11.1 Å². The monoisotopic (exact) mass is 158 g/mol. The van der Waals surface area contributed by atoms with Crippen LogP contribution in [0.2, 0.25) is 0 Å². The van der Waals surface area contributed by atoms with Crippen LogP contribution in [0.1, 0.15) is 33.6 Å². The van der Waals surface area contributed by atoms with E-state index in [9.17, 15) is 4.79 Å². The molecule has 3 nitrogen and oxygen atoms in total. The van der Waals surface area contributed by atoms with Gasteiger partial charge in [0.2, 0.25) is 5.91 Å². The van der Waals surface area contributed by atoms with E-state index in [1.54, 1.807) is 6.92 Å². The van der Waals surface area contributed by atoms with Crippen molar-refractivity contribution >= 4 is 5.91 Å². The first-order valence-electron chi connectivity index (χ1n) is 4.17. The molecule has 1 unspecified atom stereocenters. The zero-order valence-electron chi connectivity index (χ0n) is 7.55. The van der Waals surface area contributed by atoms with Crippen molar-refractivity contribution in [2.45, 2.75) is 45.7 Å². The molecule has 1 atom stereocenters. The minimum atomic E-state index is -0.281. The molecular formula is C8H18N2O. The van der Waals surface area contributed by atoms with Crippen LogP contribution in [0.25, 0.3) is 0 Å². The van der Waals surface area contributed by atoms with Crippen LogP contribution in [0.4, 0.5) is 0 Å². The smallest absolute Gasteiger partial charge is 0.234 e. The fraction of sp³-hybridized carbons (Fsp3) is 0.875. The Bertz CT molecular complexity index is 121. The largest absolute Gasteiger partial charge is 0.368 e. The maximum atomic E-state index is 10.6. The van der Waals surface area contributed by atoms with E-state index >= 15 is 0 Å². The van der Waals surface area contributed by atoms with Gasteiger partial charge in [0.05, 0.1) is 6.04 Å². The highest BCUT2D eigenvalue weighted by Crippen LogP contribution is 1.97. The predicted molar refractivity (Wildman–Crippen MR) is 46.2 cm³/mol. The zero-order chi connectivity index (χ0) is 8.85. The minimum Gasteiger partial charge on any atom is -0.368 e. The fourth-order valence-electron chi connectivity index (χ4n) is 0.960. The van der Waals surface area contributed by atoms with Crippen molar-refractivity contribution in [2.24, 2.45) is 5.73 Å². The molecule has 0 fully saturated rings. The van der Waals surface area contributed by atoms with E-state index in [0.29, 0.717) is 6.04 Å². The van der Waals surface area contributed by atoms with Gasteiger partial charge in [-0.05, 0) is 19.8 Å². The molecule has 0 aromatic heterocycles. The number of hydrogen-bond acceptors (Lipinski definition) is 2. The van der Waals surface area contributed by atoms with Crippen molar-refractivity contribution in [1.82, 2.24) is 5.32 Å². The highest BCUT2D eigenvalue weighted by molar-refractivity contribution is 5.79. The van der Waals surface area contributed by atoms with Crippen molar-refractivity contribution < 1.29 is 4.79 Å². The van der Waals surface area contributed by atoms with Gasteiger partial charge in [-0.3, -0.25) is 4.79 Å². The van der Waals surface area contributed by atoms with Gasteiger partial charge in [-0.1, -0.05) is 13.8 Å². The molecule has 0 aromatic rings. The summed E-state index contributed by atoms with van der Waals surface area (Å²) < 4.78 is 0. The number of carbonyl (C=O) groups excluding carboxylic acids is 1. The number of nitrogens with two attached hydrogens (primary N) is 1. The summed E-state index contributed by atoms with van der Waals surface area (Å²) in [5.41, 5.74) is 5.09. The lowest BCUT2D eigenvalue weighted by atomic mass is 10.1. The van der Waals surface area contributed by atoms with Gasteiger partial charge in [0, 0.05) is 6.04 Å². The summed E-state index contributed by atoms with van der Waals surface area (Å²) in [4.78, 5) is 10.6. The van der Waals surface area contributed by atoms with E-state index in [2.05, 4.69) is 19.2 Å².